The summed E-state index contributed by atoms with van der Waals surface area (Å²) in [5, 5.41) is 0. The van der Waals surface area contributed by atoms with Crippen LogP contribution in [0.3, 0.4) is 0 Å². The summed E-state index contributed by atoms with van der Waals surface area (Å²) in [5.41, 5.74) is 1.64. The summed E-state index contributed by atoms with van der Waals surface area (Å²) in [6.45, 7) is 2.08. The van der Waals surface area contributed by atoms with Crippen molar-refractivity contribution >= 4 is 17.5 Å². The van der Waals surface area contributed by atoms with Gasteiger partial charge in [0.15, 0.2) is 0 Å². The Morgan fingerprint density at radius 2 is 1.94 bits per heavy atom. The first kappa shape index (κ1) is 12.2. The van der Waals surface area contributed by atoms with Gasteiger partial charge in [0.05, 0.1) is 24.8 Å². The minimum atomic E-state index is -0.406. The minimum Gasteiger partial charge on any atom is -0.465 e. The van der Waals surface area contributed by atoms with Gasteiger partial charge < -0.3 is 13.9 Å². The van der Waals surface area contributed by atoms with Crippen LogP contribution < -0.4 is 0 Å². The van der Waals surface area contributed by atoms with Crippen LogP contribution in [0.25, 0.3) is 5.52 Å². The Morgan fingerprint density at radius 1 is 1.22 bits per heavy atom. The summed E-state index contributed by atoms with van der Waals surface area (Å²) >= 11 is 0. The fraction of sp³-hybridized carbons (Fsp3) is 0.231. The molecule has 2 aromatic heterocycles. The number of esters is 2. The van der Waals surface area contributed by atoms with Crippen LogP contribution in [0.4, 0.5) is 0 Å². The summed E-state index contributed by atoms with van der Waals surface area (Å²) < 4.78 is 11.3. The Balaban J connectivity index is 2.39. The first-order valence-electron chi connectivity index (χ1n) is 5.53. The number of fused-ring (bicyclic) bond motifs is 1. The van der Waals surface area contributed by atoms with Crippen LogP contribution in [-0.2, 0) is 9.47 Å². The number of carbonyl (C=O) groups excluding carboxylic acids is 2. The third-order valence-electron chi connectivity index (χ3n) is 2.53. The zero-order chi connectivity index (χ0) is 13.1. The zero-order valence-electron chi connectivity index (χ0n) is 10.2. The Labute approximate surface area is 104 Å². The molecule has 0 aliphatic carbocycles. The summed E-state index contributed by atoms with van der Waals surface area (Å²) in [6.07, 6.45) is 3.35. The molecule has 18 heavy (non-hydrogen) atoms. The Bertz CT molecular complexity index is 600. The Hall–Kier alpha value is -2.30. The molecular weight excluding hydrogens is 234 g/mol. The number of rotatable bonds is 3. The number of pyridine rings is 1. The summed E-state index contributed by atoms with van der Waals surface area (Å²) in [4.78, 5) is 22.9. The first-order valence-corrected chi connectivity index (χ1v) is 5.53. The molecule has 0 spiro atoms. The van der Waals surface area contributed by atoms with Gasteiger partial charge in [0.25, 0.3) is 0 Å². The summed E-state index contributed by atoms with van der Waals surface area (Å²) in [5.74, 6) is -0.780. The minimum absolute atomic E-state index is 0.332. The molecule has 0 fully saturated rings. The maximum Gasteiger partial charge on any atom is 0.339 e. The van der Waals surface area contributed by atoms with Crippen LogP contribution in [-0.4, -0.2) is 30.1 Å². The maximum absolute atomic E-state index is 11.6. The van der Waals surface area contributed by atoms with E-state index in [4.69, 9.17) is 4.74 Å². The van der Waals surface area contributed by atoms with Crippen molar-refractivity contribution in [3.63, 3.8) is 0 Å². The molecule has 0 N–H and O–H groups in total. The number of methoxy groups -OCH3 is 1. The van der Waals surface area contributed by atoms with E-state index in [0.29, 0.717) is 17.7 Å². The molecule has 94 valence electrons. The van der Waals surface area contributed by atoms with E-state index in [1.54, 1.807) is 41.9 Å². The van der Waals surface area contributed by atoms with Crippen LogP contribution in [0.15, 0.2) is 30.6 Å². The molecule has 0 bridgehead atoms. The summed E-state index contributed by atoms with van der Waals surface area (Å²) in [6, 6.07) is 4.98. The molecule has 0 amide bonds. The lowest BCUT2D eigenvalue weighted by molar-refractivity contribution is 0.0525. The van der Waals surface area contributed by atoms with E-state index < -0.39 is 5.97 Å². The fourth-order valence-corrected chi connectivity index (χ4v) is 1.68. The van der Waals surface area contributed by atoms with Crippen molar-refractivity contribution in [2.45, 2.75) is 6.92 Å². The number of hydrogen-bond acceptors (Lipinski definition) is 4. The van der Waals surface area contributed by atoms with Crippen LogP contribution in [0.2, 0.25) is 0 Å². The second-order valence-electron chi connectivity index (χ2n) is 3.69. The van der Waals surface area contributed by atoms with E-state index in [-0.39, 0.29) is 5.97 Å². The molecule has 2 rings (SSSR count). The van der Waals surface area contributed by atoms with E-state index >= 15 is 0 Å². The number of ether oxygens (including phenoxy) is 2. The van der Waals surface area contributed by atoms with E-state index in [1.807, 2.05) is 0 Å². The van der Waals surface area contributed by atoms with Gasteiger partial charge in [-0.2, -0.15) is 0 Å². The average Bonchev–Trinajstić information content (AvgIpc) is 2.80. The Kier molecular flexibility index (Phi) is 3.32. The lowest BCUT2D eigenvalue weighted by Crippen LogP contribution is -2.04. The molecule has 2 aromatic rings. The smallest absolute Gasteiger partial charge is 0.339 e. The molecular formula is C13H13NO4. The molecule has 0 saturated carbocycles. The van der Waals surface area contributed by atoms with Crippen molar-refractivity contribution in [3.8, 4) is 0 Å². The lowest BCUT2D eigenvalue weighted by Gasteiger charge is -2.02. The third-order valence-corrected chi connectivity index (χ3v) is 2.53. The largest absolute Gasteiger partial charge is 0.465 e. The van der Waals surface area contributed by atoms with E-state index in [2.05, 4.69) is 4.74 Å². The van der Waals surface area contributed by atoms with Gasteiger partial charge in [-0.3, -0.25) is 0 Å². The van der Waals surface area contributed by atoms with Crippen LogP contribution in [0, 0.1) is 0 Å². The molecule has 0 unspecified atom stereocenters. The van der Waals surface area contributed by atoms with Crippen molar-refractivity contribution in [1.29, 1.82) is 0 Å². The van der Waals surface area contributed by atoms with Crippen molar-refractivity contribution in [2.75, 3.05) is 13.7 Å². The molecule has 0 aliphatic heterocycles. The van der Waals surface area contributed by atoms with E-state index in [1.165, 1.54) is 7.11 Å². The molecule has 0 saturated heterocycles. The van der Waals surface area contributed by atoms with Crippen LogP contribution in [0.1, 0.15) is 27.6 Å². The van der Waals surface area contributed by atoms with E-state index in [0.717, 1.165) is 5.52 Å². The number of aromatic nitrogens is 1. The fourth-order valence-electron chi connectivity index (χ4n) is 1.68. The van der Waals surface area contributed by atoms with Crippen molar-refractivity contribution in [2.24, 2.45) is 0 Å². The highest BCUT2D eigenvalue weighted by molar-refractivity contribution is 5.93. The second kappa shape index (κ2) is 4.91. The molecule has 0 aliphatic rings. The van der Waals surface area contributed by atoms with Gasteiger partial charge in [-0.15, -0.1) is 0 Å². The van der Waals surface area contributed by atoms with Crippen LogP contribution in [0.5, 0.6) is 0 Å². The van der Waals surface area contributed by atoms with Gasteiger partial charge in [0.1, 0.15) is 0 Å². The molecule has 0 atom stereocenters. The second-order valence-corrected chi connectivity index (χ2v) is 3.69. The molecule has 5 nitrogen and oxygen atoms in total. The topological polar surface area (TPSA) is 57.0 Å². The highest BCUT2D eigenvalue weighted by atomic mass is 16.5. The maximum atomic E-state index is 11.6. The third kappa shape index (κ3) is 2.20. The van der Waals surface area contributed by atoms with E-state index in [9.17, 15) is 9.59 Å². The SMILES string of the molecule is CCOC(=O)c1ccn2cc(C(=O)OC)cc2c1. The zero-order valence-corrected chi connectivity index (χ0v) is 10.2. The number of hydrogen-bond donors (Lipinski definition) is 0. The molecule has 5 heteroatoms. The molecule has 0 aromatic carbocycles. The number of nitrogens with zero attached hydrogens (tertiary/aromatic N) is 1. The van der Waals surface area contributed by atoms with Gasteiger partial charge in [-0.05, 0) is 25.1 Å². The average molecular weight is 247 g/mol. The van der Waals surface area contributed by atoms with Gasteiger partial charge >= 0.3 is 11.9 Å². The Morgan fingerprint density at radius 3 is 2.61 bits per heavy atom. The van der Waals surface area contributed by atoms with Crippen molar-refractivity contribution in [1.82, 2.24) is 4.40 Å². The normalized spacial score (nSPS) is 10.3. The monoisotopic (exact) mass is 247 g/mol. The van der Waals surface area contributed by atoms with Gasteiger partial charge in [0.2, 0.25) is 0 Å². The lowest BCUT2D eigenvalue weighted by atomic mass is 10.2. The predicted molar refractivity (Wildman–Crippen MR) is 64.7 cm³/mol. The predicted octanol–water partition coefficient (Wildman–Crippen LogP) is 1.90. The quantitative estimate of drug-likeness (QED) is 0.777. The van der Waals surface area contributed by atoms with Gasteiger partial charge in [0, 0.05) is 17.9 Å². The van der Waals surface area contributed by atoms with Crippen LogP contribution >= 0.6 is 0 Å². The summed E-state index contributed by atoms with van der Waals surface area (Å²) in [7, 11) is 1.33. The van der Waals surface area contributed by atoms with Gasteiger partial charge in [-0.1, -0.05) is 0 Å². The number of carbonyl (C=O) groups is 2. The molecule has 2 heterocycles. The molecule has 0 radical (unpaired) electrons. The highest BCUT2D eigenvalue weighted by Gasteiger charge is 2.11. The highest BCUT2D eigenvalue weighted by Crippen LogP contribution is 2.14. The first-order chi connectivity index (χ1) is 8.65. The van der Waals surface area contributed by atoms with Gasteiger partial charge in [-0.25, -0.2) is 9.59 Å². The van der Waals surface area contributed by atoms with Crippen molar-refractivity contribution < 1.29 is 19.1 Å². The van der Waals surface area contributed by atoms with Crippen molar-refractivity contribution in [3.05, 3.63) is 41.7 Å². The standard InChI is InChI=1S/C13H13NO4/c1-3-18-13(16)9-4-5-14-8-10(12(15)17-2)7-11(14)6-9/h4-8H,3H2,1-2H3.